The van der Waals surface area contributed by atoms with Crippen LogP contribution in [0.4, 0.5) is 10.6 Å². The van der Waals surface area contributed by atoms with Crippen molar-refractivity contribution in [3.63, 3.8) is 0 Å². The second-order valence-corrected chi connectivity index (χ2v) is 7.41. The molecule has 20 heavy (non-hydrogen) atoms. The quantitative estimate of drug-likeness (QED) is 0.861. The van der Waals surface area contributed by atoms with Crippen LogP contribution >= 0.6 is 11.8 Å². The number of amides is 1. The van der Waals surface area contributed by atoms with Gasteiger partial charge < -0.3 is 9.67 Å². The summed E-state index contributed by atoms with van der Waals surface area (Å²) in [7, 11) is 1.99. The van der Waals surface area contributed by atoms with E-state index in [-0.39, 0.29) is 0 Å². The Kier molecular flexibility index (Phi) is 4.04. The third-order valence-electron chi connectivity index (χ3n) is 3.36. The van der Waals surface area contributed by atoms with Crippen LogP contribution in [-0.2, 0) is 7.05 Å². The van der Waals surface area contributed by atoms with Crippen molar-refractivity contribution in [2.75, 3.05) is 10.7 Å². The van der Waals surface area contributed by atoms with Crippen molar-refractivity contribution in [3.05, 3.63) is 5.82 Å². The first kappa shape index (κ1) is 15.2. The van der Waals surface area contributed by atoms with Crippen LogP contribution in [0.15, 0.2) is 5.03 Å². The van der Waals surface area contributed by atoms with E-state index in [2.05, 4.69) is 16.5 Å². The number of nitrogens with zero attached hydrogens (tertiary/aromatic N) is 3. The monoisotopic (exact) mass is 297 g/mol. The third kappa shape index (κ3) is 2.80. The van der Waals surface area contributed by atoms with Crippen LogP contribution in [0.1, 0.15) is 52.3 Å². The Morgan fingerprint density at radius 3 is 2.50 bits per heavy atom. The molecule has 2 rings (SSSR count). The predicted molar refractivity (Wildman–Crippen MR) is 81.8 cm³/mol. The van der Waals surface area contributed by atoms with E-state index in [1.165, 1.54) is 4.90 Å². The molecule has 1 aromatic heterocycles. The summed E-state index contributed by atoms with van der Waals surface area (Å²) in [5, 5.41) is 10.5. The zero-order chi connectivity index (χ0) is 15.1. The van der Waals surface area contributed by atoms with Crippen LogP contribution in [0.3, 0.4) is 0 Å². The van der Waals surface area contributed by atoms with Gasteiger partial charge in [0.1, 0.15) is 10.9 Å². The van der Waals surface area contributed by atoms with Gasteiger partial charge in [-0.1, -0.05) is 6.92 Å². The molecule has 112 valence electrons. The molecule has 0 aliphatic heterocycles. The SMILES string of the molecule is CCSc1c(N(C(=O)O)C(C)(C)C)nc(C2CC2)n1C. The van der Waals surface area contributed by atoms with Gasteiger partial charge in [-0.3, -0.25) is 4.90 Å². The first-order valence-corrected chi connectivity index (χ1v) is 7.98. The summed E-state index contributed by atoms with van der Waals surface area (Å²) in [5.41, 5.74) is -0.510. The molecule has 0 aromatic carbocycles. The lowest BCUT2D eigenvalue weighted by Crippen LogP contribution is -2.45. The Hall–Kier alpha value is -1.17. The minimum atomic E-state index is -0.948. The molecular formula is C14H23N3O2S. The highest BCUT2D eigenvalue weighted by atomic mass is 32.2. The molecule has 0 spiro atoms. The summed E-state index contributed by atoms with van der Waals surface area (Å²) in [6.07, 6.45) is 1.36. The van der Waals surface area contributed by atoms with Gasteiger partial charge in [-0.15, -0.1) is 11.8 Å². The van der Waals surface area contributed by atoms with Crippen molar-refractivity contribution in [2.45, 2.75) is 57.0 Å². The number of thioether (sulfide) groups is 1. The molecule has 6 heteroatoms. The summed E-state index contributed by atoms with van der Waals surface area (Å²) < 4.78 is 2.07. The molecule has 1 aliphatic carbocycles. The van der Waals surface area contributed by atoms with Gasteiger partial charge >= 0.3 is 6.09 Å². The van der Waals surface area contributed by atoms with Crippen LogP contribution < -0.4 is 4.90 Å². The molecule has 5 nitrogen and oxygen atoms in total. The minimum absolute atomic E-state index is 0.501. The van der Waals surface area contributed by atoms with E-state index in [0.29, 0.717) is 11.7 Å². The zero-order valence-electron chi connectivity index (χ0n) is 12.8. The van der Waals surface area contributed by atoms with E-state index in [1.54, 1.807) is 11.8 Å². The molecular weight excluding hydrogens is 274 g/mol. The van der Waals surface area contributed by atoms with E-state index in [1.807, 2.05) is 27.8 Å². The number of carboxylic acid groups (broad SMARTS) is 1. The summed E-state index contributed by atoms with van der Waals surface area (Å²) in [6, 6.07) is 0. The second kappa shape index (κ2) is 5.31. The smallest absolute Gasteiger partial charge is 0.413 e. The highest BCUT2D eigenvalue weighted by Gasteiger charge is 2.36. The Morgan fingerprint density at radius 1 is 1.50 bits per heavy atom. The zero-order valence-corrected chi connectivity index (χ0v) is 13.6. The highest BCUT2D eigenvalue weighted by Crippen LogP contribution is 2.43. The Morgan fingerprint density at radius 2 is 2.10 bits per heavy atom. The lowest BCUT2D eigenvalue weighted by atomic mass is 10.1. The lowest BCUT2D eigenvalue weighted by Gasteiger charge is -2.31. The van der Waals surface area contributed by atoms with Crippen molar-refractivity contribution < 1.29 is 9.90 Å². The Balaban J connectivity index is 2.52. The number of anilines is 1. The van der Waals surface area contributed by atoms with Crippen molar-refractivity contribution in [2.24, 2.45) is 7.05 Å². The number of hydrogen-bond donors (Lipinski definition) is 1. The van der Waals surface area contributed by atoms with Crippen molar-refractivity contribution in [3.8, 4) is 0 Å². The third-order valence-corrected chi connectivity index (χ3v) is 4.38. The van der Waals surface area contributed by atoms with Crippen LogP contribution in [0.2, 0.25) is 0 Å². The van der Waals surface area contributed by atoms with Crippen molar-refractivity contribution >= 4 is 23.7 Å². The highest BCUT2D eigenvalue weighted by molar-refractivity contribution is 7.99. The molecule has 0 unspecified atom stereocenters. The molecule has 0 saturated heterocycles. The van der Waals surface area contributed by atoms with E-state index < -0.39 is 11.6 Å². The molecule has 0 radical (unpaired) electrons. The summed E-state index contributed by atoms with van der Waals surface area (Å²) in [5.74, 6) is 3.00. The van der Waals surface area contributed by atoms with Gasteiger partial charge in [-0.2, -0.15) is 0 Å². The van der Waals surface area contributed by atoms with Gasteiger partial charge in [0, 0.05) is 18.5 Å². The fraction of sp³-hybridized carbons (Fsp3) is 0.714. The average molecular weight is 297 g/mol. The molecule has 1 N–H and O–H groups in total. The minimum Gasteiger partial charge on any atom is -0.465 e. The first-order valence-electron chi connectivity index (χ1n) is 7.00. The number of imidazole rings is 1. The van der Waals surface area contributed by atoms with Gasteiger partial charge in [0.05, 0.1) is 0 Å². The molecule has 0 bridgehead atoms. The number of hydrogen-bond acceptors (Lipinski definition) is 3. The largest absolute Gasteiger partial charge is 0.465 e. The fourth-order valence-corrected chi connectivity index (χ4v) is 3.16. The average Bonchev–Trinajstić information content (AvgIpc) is 3.08. The molecule has 1 fully saturated rings. The molecule has 1 aliphatic rings. The second-order valence-electron chi connectivity index (χ2n) is 6.15. The lowest BCUT2D eigenvalue weighted by molar-refractivity contribution is 0.195. The Bertz CT molecular complexity index is 515. The van der Waals surface area contributed by atoms with Crippen molar-refractivity contribution in [1.82, 2.24) is 9.55 Å². The molecule has 0 atom stereocenters. The van der Waals surface area contributed by atoms with E-state index in [0.717, 1.165) is 29.4 Å². The van der Waals surface area contributed by atoms with E-state index in [9.17, 15) is 9.90 Å². The normalized spacial score (nSPS) is 15.4. The van der Waals surface area contributed by atoms with Gasteiger partial charge in [-0.05, 0) is 39.4 Å². The molecule has 1 heterocycles. The van der Waals surface area contributed by atoms with Gasteiger partial charge in [-0.25, -0.2) is 9.78 Å². The number of rotatable bonds is 4. The standard InChI is InChI=1S/C14H23N3O2S/c1-6-20-12-11(17(13(18)19)14(2,3)4)15-10(16(12)5)9-7-8-9/h9H,6-8H2,1-5H3,(H,18,19). The maximum atomic E-state index is 11.7. The van der Waals surface area contributed by atoms with E-state index >= 15 is 0 Å². The summed E-state index contributed by atoms with van der Waals surface area (Å²) >= 11 is 1.65. The van der Waals surface area contributed by atoms with Crippen LogP contribution in [0, 0.1) is 0 Å². The fourth-order valence-electron chi connectivity index (χ4n) is 2.33. The first-order chi connectivity index (χ1) is 9.27. The van der Waals surface area contributed by atoms with Gasteiger partial charge in [0.2, 0.25) is 0 Å². The van der Waals surface area contributed by atoms with Crippen molar-refractivity contribution in [1.29, 1.82) is 0 Å². The van der Waals surface area contributed by atoms with E-state index in [4.69, 9.17) is 0 Å². The topological polar surface area (TPSA) is 58.4 Å². The van der Waals surface area contributed by atoms with Crippen LogP contribution in [0.25, 0.3) is 0 Å². The molecule has 1 saturated carbocycles. The van der Waals surface area contributed by atoms with Crippen LogP contribution in [-0.4, -0.2) is 32.0 Å². The Labute approximate surface area is 124 Å². The summed E-state index contributed by atoms with van der Waals surface area (Å²) in [4.78, 5) is 17.7. The van der Waals surface area contributed by atoms with Gasteiger partial charge in [0.15, 0.2) is 5.82 Å². The molecule has 1 amide bonds. The molecule has 1 aromatic rings. The number of aromatic nitrogens is 2. The maximum Gasteiger partial charge on any atom is 0.413 e. The maximum absolute atomic E-state index is 11.7. The number of carbonyl (C=O) groups is 1. The van der Waals surface area contributed by atoms with Crippen LogP contribution in [0.5, 0.6) is 0 Å². The predicted octanol–water partition coefficient (Wildman–Crippen LogP) is 3.69. The van der Waals surface area contributed by atoms with Gasteiger partial charge in [0.25, 0.3) is 0 Å². The summed E-state index contributed by atoms with van der Waals surface area (Å²) in [6.45, 7) is 7.76.